The Morgan fingerprint density at radius 2 is 1.75 bits per heavy atom. The zero-order chi connectivity index (χ0) is 22.8. The van der Waals surface area contributed by atoms with Crippen molar-refractivity contribution in [3.63, 3.8) is 0 Å². The molecule has 0 saturated heterocycles. The lowest BCUT2D eigenvalue weighted by molar-refractivity contribution is -0.122. The number of hydrogen-bond donors (Lipinski definition) is 0. The first-order valence-corrected chi connectivity index (χ1v) is 12.0. The average molecular weight is 439 g/mol. The second-order valence-corrected chi connectivity index (χ2v) is 9.18. The van der Waals surface area contributed by atoms with Crippen LogP contribution in [0.15, 0.2) is 36.9 Å². The number of hydrogen-bond acceptors (Lipinski definition) is 5. The van der Waals surface area contributed by atoms with Crippen molar-refractivity contribution >= 4 is 11.6 Å². The van der Waals surface area contributed by atoms with E-state index in [0.717, 1.165) is 55.8 Å². The third kappa shape index (κ3) is 7.10. The van der Waals surface area contributed by atoms with Gasteiger partial charge in [-0.05, 0) is 61.5 Å². The van der Waals surface area contributed by atoms with Crippen molar-refractivity contribution in [1.82, 2.24) is 14.9 Å². The molecular formula is C26H38N4O2. The van der Waals surface area contributed by atoms with Crippen LogP contribution >= 0.6 is 0 Å². The highest BCUT2D eigenvalue weighted by Crippen LogP contribution is 2.30. The molecule has 0 atom stereocenters. The van der Waals surface area contributed by atoms with Crippen molar-refractivity contribution in [2.75, 3.05) is 38.3 Å². The summed E-state index contributed by atoms with van der Waals surface area (Å²) >= 11 is 0. The Labute approximate surface area is 193 Å². The van der Waals surface area contributed by atoms with Gasteiger partial charge in [-0.15, -0.1) is 0 Å². The van der Waals surface area contributed by atoms with Crippen molar-refractivity contribution in [3.05, 3.63) is 42.5 Å². The van der Waals surface area contributed by atoms with E-state index in [1.807, 2.05) is 17.3 Å². The number of rotatable bonds is 6. The Morgan fingerprint density at radius 3 is 2.47 bits per heavy atom. The molecule has 0 bridgehead atoms. The van der Waals surface area contributed by atoms with Gasteiger partial charge in [0.25, 0.3) is 5.91 Å². The number of benzene rings is 1. The van der Waals surface area contributed by atoms with Crippen molar-refractivity contribution in [2.24, 2.45) is 5.92 Å². The number of ether oxygens (including phenoxy) is 1. The van der Waals surface area contributed by atoms with Gasteiger partial charge in [0.15, 0.2) is 0 Å². The molecule has 1 amide bonds. The van der Waals surface area contributed by atoms with Crippen LogP contribution in [0.2, 0.25) is 0 Å². The Hall–Kier alpha value is -2.31. The first-order valence-electron chi connectivity index (χ1n) is 12.0. The van der Waals surface area contributed by atoms with Crippen molar-refractivity contribution in [1.29, 1.82) is 0 Å². The molecule has 3 rings (SSSR count). The predicted molar refractivity (Wildman–Crippen MR) is 130 cm³/mol. The van der Waals surface area contributed by atoms with Crippen LogP contribution in [0, 0.1) is 5.92 Å². The smallest absolute Gasteiger partial charge is 0.252 e. The maximum absolute atomic E-state index is 13.0. The summed E-state index contributed by atoms with van der Waals surface area (Å²) in [5, 5.41) is 0. The van der Waals surface area contributed by atoms with Gasteiger partial charge in [-0.3, -0.25) is 9.69 Å². The van der Waals surface area contributed by atoms with Gasteiger partial charge in [0.2, 0.25) is 0 Å². The molecule has 1 aliphatic heterocycles. The standard InChI is InChI=1S/C26H38N4O2/c1-21(2)11-14-29-12-7-5-4-6-8-13-30(26(31)19-32-3)25-10-9-22(15-23(25)18-29)24-16-27-20-28-17-24/h9-10,15-17,20-21H,4-8,11-14,18-19H2,1-3H3. The molecule has 6 nitrogen and oxygen atoms in total. The maximum atomic E-state index is 13.0. The molecule has 0 N–H and O–H groups in total. The molecular weight excluding hydrogens is 400 g/mol. The lowest BCUT2D eigenvalue weighted by Crippen LogP contribution is -2.36. The van der Waals surface area contributed by atoms with Gasteiger partial charge in [-0.1, -0.05) is 39.2 Å². The van der Waals surface area contributed by atoms with Crippen molar-refractivity contribution < 1.29 is 9.53 Å². The van der Waals surface area contributed by atoms with Gasteiger partial charge in [-0.2, -0.15) is 0 Å². The Kier molecular flexibility index (Phi) is 9.62. The topological polar surface area (TPSA) is 58.6 Å². The van der Waals surface area contributed by atoms with Crippen LogP contribution in [-0.2, 0) is 16.1 Å². The summed E-state index contributed by atoms with van der Waals surface area (Å²) in [7, 11) is 1.58. The van der Waals surface area contributed by atoms with Crippen LogP contribution in [0.4, 0.5) is 5.69 Å². The van der Waals surface area contributed by atoms with E-state index < -0.39 is 0 Å². The molecule has 0 saturated carbocycles. The highest BCUT2D eigenvalue weighted by Gasteiger charge is 2.21. The minimum atomic E-state index is 0.0235. The largest absolute Gasteiger partial charge is 0.375 e. The van der Waals surface area contributed by atoms with Gasteiger partial charge in [0.05, 0.1) is 0 Å². The molecule has 2 heterocycles. The summed E-state index contributed by atoms with van der Waals surface area (Å²) < 4.78 is 5.21. The molecule has 0 fully saturated rings. The molecule has 2 aromatic rings. The van der Waals surface area contributed by atoms with Crippen LogP contribution < -0.4 is 4.90 Å². The summed E-state index contributed by atoms with van der Waals surface area (Å²) in [4.78, 5) is 25.9. The molecule has 174 valence electrons. The van der Waals surface area contributed by atoms with Gasteiger partial charge in [-0.25, -0.2) is 9.97 Å². The summed E-state index contributed by atoms with van der Waals surface area (Å²) in [6, 6.07) is 6.39. The summed E-state index contributed by atoms with van der Waals surface area (Å²) in [5.41, 5.74) is 4.26. The zero-order valence-electron chi connectivity index (χ0n) is 19.9. The fourth-order valence-electron chi connectivity index (χ4n) is 4.27. The van der Waals surface area contributed by atoms with Gasteiger partial charge >= 0.3 is 0 Å². The first kappa shape index (κ1) is 24.3. The third-order valence-corrected chi connectivity index (χ3v) is 6.11. The lowest BCUT2D eigenvalue weighted by Gasteiger charge is -2.30. The summed E-state index contributed by atoms with van der Waals surface area (Å²) in [6.07, 6.45) is 12.3. The van der Waals surface area contributed by atoms with E-state index in [-0.39, 0.29) is 12.5 Å². The van der Waals surface area contributed by atoms with Crippen LogP contribution in [0.3, 0.4) is 0 Å². The van der Waals surface area contributed by atoms with E-state index in [2.05, 4.69) is 46.9 Å². The van der Waals surface area contributed by atoms with Gasteiger partial charge in [0, 0.05) is 43.8 Å². The fourth-order valence-corrected chi connectivity index (χ4v) is 4.27. The van der Waals surface area contributed by atoms with Gasteiger partial charge < -0.3 is 9.64 Å². The summed E-state index contributed by atoms with van der Waals surface area (Å²) in [5.74, 6) is 0.693. The highest BCUT2D eigenvalue weighted by atomic mass is 16.5. The number of fused-ring (bicyclic) bond motifs is 1. The number of nitrogens with zero attached hydrogens (tertiary/aromatic N) is 4. The predicted octanol–water partition coefficient (Wildman–Crippen LogP) is 4.94. The minimum Gasteiger partial charge on any atom is -0.375 e. The molecule has 0 aliphatic carbocycles. The highest BCUT2D eigenvalue weighted by molar-refractivity contribution is 5.95. The maximum Gasteiger partial charge on any atom is 0.252 e. The fraction of sp³-hybridized carbons (Fsp3) is 0.577. The Morgan fingerprint density at radius 1 is 1.03 bits per heavy atom. The number of carbonyl (C=O) groups is 1. The molecule has 0 spiro atoms. The quantitative estimate of drug-likeness (QED) is 0.640. The minimum absolute atomic E-state index is 0.0235. The first-order chi connectivity index (χ1) is 15.6. The second kappa shape index (κ2) is 12.7. The number of methoxy groups -OCH3 is 1. The Bertz CT molecular complexity index is 841. The van der Waals surface area contributed by atoms with E-state index >= 15 is 0 Å². The van der Waals surface area contributed by atoms with E-state index in [9.17, 15) is 4.79 Å². The number of carbonyl (C=O) groups excluding carboxylic acids is 1. The van der Waals surface area contributed by atoms with Crippen LogP contribution in [-0.4, -0.2) is 54.1 Å². The van der Waals surface area contributed by atoms with E-state index in [1.54, 1.807) is 13.4 Å². The second-order valence-electron chi connectivity index (χ2n) is 9.18. The normalized spacial score (nSPS) is 16.3. The SMILES string of the molecule is COCC(=O)N1CCCCCCCN(CCC(C)C)Cc2cc(-c3cncnc3)ccc21. The summed E-state index contributed by atoms with van der Waals surface area (Å²) in [6.45, 7) is 8.39. The van der Waals surface area contributed by atoms with E-state index in [4.69, 9.17) is 4.74 Å². The van der Waals surface area contributed by atoms with Crippen molar-refractivity contribution in [2.45, 2.75) is 58.9 Å². The van der Waals surface area contributed by atoms with Crippen LogP contribution in [0.25, 0.3) is 11.1 Å². The number of amides is 1. The molecule has 32 heavy (non-hydrogen) atoms. The lowest BCUT2D eigenvalue weighted by atomic mass is 10.0. The third-order valence-electron chi connectivity index (χ3n) is 6.11. The number of anilines is 1. The zero-order valence-corrected chi connectivity index (χ0v) is 19.9. The van der Waals surface area contributed by atoms with Crippen LogP contribution in [0.1, 0.15) is 57.9 Å². The Balaban J connectivity index is 2.00. The molecule has 0 unspecified atom stereocenters. The van der Waals surface area contributed by atoms with Crippen LogP contribution in [0.5, 0.6) is 0 Å². The molecule has 1 aliphatic rings. The molecule has 1 aromatic carbocycles. The number of aromatic nitrogens is 2. The monoisotopic (exact) mass is 438 g/mol. The molecule has 6 heteroatoms. The molecule has 0 radical (unpaired) electrons. The van der Waals surface area contributed by atoms with Gasteiger partial charge in [0.1, 0.15) is 12.9 Å². The van der Waals surface area contributed by atoms with E-state index in [1.165, 1.54) is 31.2 Å². The van der Waals surface area contributed by atoms with E-state index in [0.29, 0.717) is 5.92 Å². The average Bonchev–Trinajstić information content (AvgIpc) is 2.79. The molecule has 1 aromatic heterocycles. The van der Waals surface area contributed by atoms with Crippen molar-refractivity contribution in [3.8, 4) is 11.1 Å².